The summed E-state index contributed by atoms with van der Waals surface area (Å²) in [5.41, 5.74) is 2.23. The second kappa shape index (κ2) is 4.91. The van der Waals surface area contributed by atoms with Crippen molar-refractivity contribution in [2.24, 2.45) is 7.05 Å². The molecule has 0 aromatic carbocycles. The Morgan fingerprint density at radius 3 is 2.69 bits per heavy atom. The normalized spacial score (nSPS) is 10.8. The van der Waals surface area contributed by atoms with E-state index in [2.05, 4.69) is 12.0 Å². The van der Waals surface area contributed by atoms with Crippen LogP contribution in [0.1, 0.15) is 24.6 Å². The quantitative estimate of drug-likeness (QED) is 0.724. The molecule has 0 radical (unpaired) electrons. The summed E-state index contributed by atoms with van der Waals surface area (Å²) in [6, 6.07) is 0. The lowest BCUT2D eigenvalue weighted by molar-refractivity contribution is 0.757. The lowest BCUT2D eigenvalue weighted by Crippen LogP contribution is -1.89. The molecule has 0 spiro atoms. The minimum Gasteiger partial charge on any atom is -0.257 e. The molecule has 4 heteroatoms. The van der Waals surface area contributed by atoms with Crippen molar-refractivity contribution in [1.29, 1.82) is 0 Å². The number of hydrogen-bond acceptors (Lipinski definition) is 2. The van der Waals surface area contributed by atoms with Crippen LogP contribution in [0.5, 0.6) is 0 Å². The highest BCUT2D eigenvalue weighted by molar-refractivity contribution is 7.98. The van der Waals surface area contributed by atoms with Crippen molar-refractivity contribution in [3.05, 3.63) is 16.4 Å². The molecule has 1 aromatic rings. The van der Waals surface area contributed by atoms with Gasteiger partial charge >= 0.3 is 0 Å². The topological polar surface area (TPSA) is 17.8 Å². The van der Waals surface area contributed by atoms with E-state index in [9.17, 15) is 0 Å². The Labute approximate surface area is 88.7 Å². The molecule has 0 saturated carbocycles. The SMILES string of the molecule is CCCSCc1c(C)nn(C)c1Cl. The molecule has 0 bridgehead atoms. The van der Waals surface area contributed by atoms with Crippen molar-refractivity contribution in [3.63, 3.8) is 0 Å². The summed E-state index contributed by atoms with van der Waals surface area (Å²) in [4.78, 5) is 0. The van der Waals surface area contributed by atoms with Crippen molar-refractivity contribution in [2.75, 3.05) is 5.75 Å². The van der Waals surface area contributed by atoms with E-state index >= 15 is 0 Å². The fourth-order valence-electron chi connectivity index (χ4n) is 1.16. The first-order valence-corrected chi connectivity index (χ1v) is 5.95. The van der Waals surface area contributed by atoms with Gasteiger partial charge in [-0.05, 0) is 19.1 Å². The maximum Gasteiger partial charge on any atom is 0.131 e. The second-order valence-corrected chi connectivity index (χ2v) is 4.49. The predicted molar refractivity (Wildman–Crippen MR) is 59.4 cm³/mol. The second-order valence-electron chi connectivity index (χ2n) is 3.03. The molecule has 74 valence electrons. The Morgan fingerprint density at radius 2 is 2.23 bits per heavy atom. The third kappa shape index (κ3) is 2.64. The molecule has 13 heavy (non-hydrogen) atoms. The lowest BCUT2D eigenvalue weighted by Gasteiger charge is -1.99. The van der Waals surface area contributed by atoms with Gasteiger partial charge in [-0.15, -0.1) is 0 Å². The van der Waals surface area contributed by atoms with Crippen molar-refractivity contribution >= 4 is 23.4 Å². The van der Waals surface area contributed by atoms with Gasteiger partial charge in [0, 0.05) is 18.4 Å². The number of hydrogen-bond donors (Lipinski definition) is 0. The van der Waals surface area contributed by atoms with Crippen LogP contribution in [-0.2, 0) is 12.8 Å². The maximum atomic E-state index is 6.08. The molecule has 1 rings (SSSR count). The third-order valence-corrected chi connectivity index (χ3v) is 3.53. The number of rotatable bonds is 4. The van der Waals surface area contributed by atoms with Gasteiger partial charge in [0.1, 0.15) is 5.15 Å². The Balaban J connectivity index is 2.64. The predicted octanol–water partition coefficient (Wildman–Crippen LogP) is 3.03. The van der Waals surface area contributed by atoms with E-state index in [1.807, 2.05) is 25.7 Å². The Bertz CT molecular complexity index is 283. The first-order chi connectivity index (χ1) is 6.16. The van der Waals surface area contributed by atoms with E-state index in [-0.39, 0.29) is 0 Å². The lowest BCUT2D eigenvalue weighted by atomic mass is 10.3. The van der Waals surface area contributed by atoms with Gasteiger partial charge in [0.25, 0.3) is 0 Å². The summed E-state index contributed by atoms with van der Waals surface area (Å²) in [5.74, 6) is 2.16. The van der Waals surface area contributed by atoms with Gasteiger partial charge in [0.15, 0.2) is 0 Å². The van der Waals surface area contributed by atoms with Crippen LogP contribution < -0.4 is 0 Å². The summed E-state index contributed by atoms with van der Waals surface area (Å²) < 4.78 is 1.73. The van der Waals surface area contributed by atoms with E-state index in [1.165, 1.54) is 17.7 Å². The van der Waals surface area contributed by atoms with E-state index in [1.54, 1.807) is 4.68 Å². The van der Waals surface area contributed by atoms with E-state index in [4.69, 9.17) is 11.6 Å². The van der Waals surface area contributed by atoms with Crippen LogP contribution in [0.15, 0.2) is 0 Å². The van der Waals surface area contributed by atoms with Gasteiger partial charge in [-0.1, -0.05) is 18.5 Å². The molecule has 1 aromatic heterocycles. The van der Waals surface area contributed by atoms with Crippen molar-refractivity contribution < 1.29 is 0 Å². The summed E-state index contributed by atoms with van der Waals surface area (Å²) in [5, 5.41) is 5.04. The number of aryl methyl sites for hydroxylation is 2. The van der Waals surface area contributed by atoms with E-state index in [0.717, 1.165) is 16.6 Å². The summed E-state index contributed by atoms with van der Waals surface area (Å²) in [6.45, 7) is 4.19. The average Bonchev–Trinajstić information content (AvgIpc) is 2.32. The summed E-state index contributed by atoms with van der Waals surface area (Å²) >= 11 is 7.99. The van der Waals surface area contributed by atoms with Crippen LogP contribution in [-0.4, -0.2) is 15.5 Å². The van der Waals surface area contributed by atoms with E-state index in [0.29, 0.717) is 0 Å². The molecular formula is C9H15ClN2S. The Morgan fingerprint density at radius 1 is 1.54 bits per heavy atom. The van der Waals surface area contributed by atoms with Gasteiger partial charge in [0.05, 0.1) is 5.69 Å². The molecule has 0 aliphatic carbocycles. The number of thioether (sulfide) groups is 1. The minimum absolute atomic E-state index is 0.779. The molecule has 2 nitrogen and oxygen atoms in total. The first-order valence-electron chi connectivity index (χ1n) is 4.42. The molecule has 1 heterocycles. The van der Waals surface area contributed by atoms with Gasteiger partial charge in [-0.2, -0.15) is 16.9 Å². The zero-order chi connectivity index (χ0) is 9.84. The smallest absolute Gasteiger partial charge is 0.131 e. The summed E-state index contributed by atoms with van der Waals surface area (Å²) in [7, 11) is 1.88. The standard InChI is InChI=1S/C9H15ClN2S/c1-4-5-13-6-8-7(2)11-12(3)9(8)10/h4-6H2,1-3H3. The highest BCUT2D eigenvalue weighted by Gasteiger charge is 2.09. The molecule has 0 N–H and O–H groups in total. The molecule has 0 aliphatic rings. The number of nitrogens with zero attached hydrogens (tertiary/aromatic N) is 2. The van der Waals surface area contributed by atoms with Crippen molar-refractivity contribution in [2.45, 2.75) is 26.0 Å². The van der Waals surface area contributed by atoms with Crippen molar-refractivity contribution in [3.8, 4) is 0 Å². The fraction of sp³-hybridized carbons (Fsp3) is 0.667. The van der Waals surface area contributed by atoms with Crippen molar-refractivity contribution in [1.82, 2.24) is 9.78 Å². The Kier molecular flexibility index (Phi) is 4.13. The molecule has 0 fully saturated rings. The van der Waals surface area contributed by atoms with Crippen LogP contribution in [0.2, 0.25) is 5.15 Å². The fourth-order valence-corrected chi connectivity index (χ4v) is 2.46. The molecular weight excluding hydrogens is 204 g/mol. The van der Waals surface area contributed by atoms with Gasteiger partial charge in [-0.25, -0.2) is 0 Å². The third-order valence-electron chi connectivity index (χ3n) is 1.86. The largest absolute Gasteiger partial charge is 0.257 e. The number of aromatic nitrogens is 2. The first kappa shape index (κ1) is 10.9. The van der Waals surface area contributed by atoms with Crippen LogP contribution in [0.25, 0.3) is 0 Å². The van der Waals surface area contributed by atoms with Gasteiger partial charge < -0.3 is 0 Å². The minimum atomic E-state index is 0.779. The van der Waals surface area contributed by atoms with Crippen LogP contribution >= 0.6 is 23.4 Å². The molecule has 0 saturated heterocycles. The van der Waals surface area contributed by atoms with Crippen LogP contribution in [0, 0.1) is 6.92 Å². The molecule has 0 unspecified atom stereocenters. The zero-order valence-corrected chi connectivity index (χ0v) is 9.87. The van der Waals surface area contributed by atoms with Crippen LogP contribution in [0.3, 0.4) is 0 Å². The van der Waals surface area contributed by atoms with E-state index < -0.39 is 0 Å². The average molecular weight is 219 g/mol. The highest BCUT2D eigenvalue weighted by atomic mass is 35.5. The Hall–Kier alpha value is -0.150. The van der Waals surface area contributed by atoms with Crippen LogP contribution in [0.4, 0.5) is 0 Å². The zero-order valence-electron chi connectivity index (χ0n) is 8.30. The highest BCUT2D eigenvalue weighted by Crippen LogP contribution is 2.23. The molecule has 0 atom stereocenters. The number of halogens is 1. The monoisotopic (exact) mass is 218 g/mol. The van der Waals surface area contributed by atoms with Gasteiger partial charge in [-0.3, -0.25) is 4.68 Å². The molecule has 0 amide bonds. The maximum absolute atomic E-state index is 6.08. The summed E-state index contributed by atoms with van der Waals surface area (Å²) in [6.07, 6.45) is 1.21. The molecule has 0 aliphatic heterocycles. The van der Waals surface area contributed by atoms with Gasteiger partial charge in [0.2, 0.25) is 0 Å².